The van der Waals surface area contributed by atoms with Gasteiger partial charge in [0.05, 0.1) is 0 Å². The number of piperazine rings is 1. The molecule has 0 radical (unpaired) electrons. The zero-order valence-corrected chi connectivity index (χ0v) is 12.4. The summed E-state index contributed by atoms with van der Waals surface area (Å²) < 4.78 is 12.9. The molecule has 0 saturated carbocycles. The van der Waals surface area contributed by atoms with E-state index in [1.54, 1.807) is 21.9 Å². The van der Waals surface area contributed by atoms with Gasteiger partial charge in [0, 0.05) is 25.7 Å². The van der Waals surface area contributed by atoms with Crippen molar-refractivity contribution in [1.29, 1.82) is 0 Å². The van der Waals surface area contributed by atoms with Crippen molar-refractivity contribution in [1.82, 2.24) is 15.1 Å². The fraction of sp³-hybridized carbons (Fsp3) is 0.500. The highest BCUT2D eigenvalue weighted by molar-refractivity contribution is 6.35. The molecule has 118 valence electrons. The monoisotopic (exact) mass is 305 g/mol. The topological polar surface area (TPSA) is 52.7 Å². The van der Waals surface area contributed by atoms with Gasteiger partial charge in [-0.15, -0.1) is 0 Å². The van der Waals surface area contributed by atoms with Crippen LogP contribution in [0.5, 0.6) is 0 Å². The number of nitrogens with one attached hydrogen (secondary N) is 1. The van der Waals surface area contributed by atoms with Gasteiger partial charge in [-0.1, -0.05) is 12.1 Å². The Bertz CT molecular complexity index is 555. The largest absolute Gasteiger partial charge is 0.330 e. The molecule has 1 aromatic rings. The minimum absolute atomic E-state index is 0.172. The first-order chi connectivity index (χ1) is 10.6. The molecule has 2 heterocycles. The number of hydrogen-bond donors (Lipinski definition) is 1. The fourth-order valence-corrected chi connectivity index (χ4v) is 3.12. The Morgan fingerprint density at radius 2 is 1.73 bits per heavy atom. The molecule has 3 rings (SSSR count). The van der Waals surface area contributed by atoms with Crippen LogP contribution in [0.1, 0.15) is 18.4 Å². The van der Waals surface area contributed by atoms with Gasteiger partial charge in [0.2, 0.25) is 0 Å². The third kappa shape index (κ3) is 3.11. The lowest BCUT2D eigenvalue weighted by molar-refractivity contribution is -0.158. The maximum absolute atomic E-state index is 12.9. The molecule has 2 aliphatic rings. The van der Waals surface area contributed by atoms with Crippen molar-refractivity contribution in [2.45, 2.75) is 25.4 Å². The molecule has 0 spiro atoms. The lowest BCUT2D eigenvalue weighted by Crippen LogP contribution is -2.58. The molecular formula is C16H20FN3O2. The minimum atomic E-state index is -0.450. The lowest BCUT2D eigenvalue weighted by atomic mass is 10.0. The quantitative estimate of drug-likeness (QED) is 0.839. The number of carbonyl (C=O) groups is 2. The summed E-state index contributed by atoms with van der Waals surface area (Å²) in [6, 6.07) is 6.20. The van der Waals surface area contributed by atoms with E-state index >= 15 is 0 Å². The van der Waals surface area contributed by atoms with E-state index in [0.717, 1.165) is 31.5 Å². The van der Waals surface area contributed by atoms with Gasteiger partial charge < -0.3 is 15.1 Å². The predicted octanol–water partition coefficient (Wildman–Crippen LogP) is 0.748. The first-order valence-electron chi connectivity index (χ1n) is 7.70. The van der Waals surface area contributed by atoms with Crippen LogP contribution in [0.15, 0.2) is 24.3 Å². The number of piperidine rings is 1. The molecule has 0 bridgehead atoms. The van der Waals surface area contributed by atoms with Crippen LogP contribution in [0.25, 0.3) is 0 Å². The van der Waals surface area contributed by atoms with Crippen molar-refractivity contribution in [3.63, 3.8) is 0 Å². The SMILES string of the molecule is O=C1C(=O)N(C2CCNCC2)CCN1Cc1ccc(F)cc1. The van der Waals surface area contributed by atoms with Crippen LogP contribution in [0, 0.1) is 5.82 Å². The second-order valence-corrected chi connectivity index (χ2v) is 5.83. The maximum atomic E-state index is 12.9. The highest BCUT2D eigenvalue weighted by Gasteiger charge is 2.36. The maximum Gasteiger partial charge on any atom is 0.312 e. The van der Waals surface area contributed by atoms with E-state index in [0.29, 0.717) is 19.6 Å². The van der Waals surface area contributed by atoms with Gasteiger partial charge >= 0.3 is 11.8 Å². The highest BCUT2D eigenvalue weighted by atomic mass is 19.1. The van der Waals surface area contributed by atoms with Crippen molar-refractivity contribution < 1.29 is 14.0 Å². The Kier molecular flexibility index (Phi) is 4.38. The van der Waals surface area contributed by atoms with Gasteiger partial charge in [0.1, 0.15) is 5.82 Å². The Hall–Kier alpha value is -1.95. The first kappa shape index (κ1) is 15.0. The standard InChI is InChI=1S/C16H20FN3O2/c17-13-3-1-12(2-4-13)11-19-9-10-20(16(22)15(19)21)14-5-7-18-8-6-14/h1-4,14,18H,5-11H2. The van der Waals surface area contributed by atoms with Crippen LogP contribution in [0.3, 0.4) is 0 Å². The number of benzene rings is 1. The van der Waals surface area contributed by atoms with Crippen LogP contribution >= 0.6 is 0 Å². The van der Waals surface area contributed by atoms with Crippen molar-refractivity contribution in [2.24, 2.45) is 0 Å². The normalized spacial score (nSPS) is 20.6. The molecule has 1 N–H and O–H groups in total. The summed E-state index contributed by atoms with van der Waals surface area (Å²) in [6.45, 7) is 3.25. The first-order valence-corrected chi connectivity index (χ1v) is 7.70. The van der Waals surface area contributed by atoms with E-state index in [2.05, 4.69) is 5.32 Å². The van der Waals surface area contributed by atoms with E-state index < -0.39 is 11.8 Å². The average molecular weight is 305 g/mol. The summed E-state index contributed by atoms with van der Waals surface area (Å²) in [5, 5.41) is 3.26. The fourth-order valence-electron chi connectivity index (χ4n) is 3.12. The van der Waals surface area contributed by atoms with Crippen molar-refractivity contribution >= 4 is 11.8 Å². The van der Waals surface area contributed by atoms with Crippen LogP contribution in [-0.2, 0) is 16.1 Å². The van der Waals surface area contributed by atoms with Crippen molar-refractivity contribution in [3.05, 3.63) is 35.6 Å². The molecular weight excluding hydrogens is 285 g/mol. The summed E-state index contributed by atoms with van der Waals surface area (Å²) in [6.07, 6.45) is 1.80. The molecule has 5 nitrogen and oxygen atoms in total. The molecule has 0 atom stereocenters. The van der Waals surface area contributed by atoms with Crippen LogP contribution in [0.2, 0.25) is 0 Å². The van der Waals surface area contributed by atoms with Gasteiger partial charge in [0.25, 0.3) is 0 Å². The Labute approximate surface area is 129 Å². The van der Waals surface area contributed by atoms with Crippen LogP contribution in [-0.4, -0.2) is 53.8 Å². The molecule has 2 saturated heterocycles. The Morgan fingerprint density at radius 1 is 1.05 bits per heavy atom. The molecule has 0 aliphatic carbocycles. The van der Waals surface area contributed by atoms with Gasteiger partial charge in [0.15, 0.2) is 0 Å². The van der Waals surface area contributed by atoms with E-state index in [1.807, 2.05) is 0 Å². The van der Waals surface area contributed by atoms with Crippen LogP contribution in [0.4, 0.5) is 4.39 Å². The number of nitrogens with zero attached hydrogens (tertiary/aromatic N) is 2. The number of halogens is 1. The van der Waals surface area contributed by atoms with E-state index in [-0.39, 0.29) is 11.9 Å². The molecule has 0 unspecified atom stereocenters. The van der Waals surface area contributed by atoms with E-state index in [9.17, 15) is 14.0 Å². The number of carbonyl (C=O) groups excluding carboxylic acids is 2. The zero-order valence-electron chi connectivity index (χ0n) is 12.4. The molecule has 0 aromatic heterocycles. The van der Waals surface area contributed by atoms with E-state index in [1.165, 1.54) is 12.1 Å². The number of hydrogen-bond acceptors (Lipinski definition) is 3. The molecule has 2 aliphatic heterocycles. The molecule has 1 aromatic carbocycles. The Balaban J connectivity index is 1.64. The highest BCUT2D eigenvalue weighted by Crippen LogP contribution is 2.18. The second kappa shape index (κ2) is 6.44. The Morgan fingerprint density at radius 3 is 2.41 bits per heavy atom. The van der Waals surface area contributed by atoms with Gasteiger partial charge in [-0.2, -0.15) is 0 Å². The van der Waals surface area contributed by atoms with Crippen LogP contribution < -0.4 is 5.32 Å². The third-order valence-corrected chi connectivity index (χ3v) is 4.38. The van der Waals surface area contributed by atoms with Gasteiger partial charge in [-0.05, 0) is 43.6 Å². The average Bonchev–Trinajstić information content (AvgIpc) is 2.55. The minimum Gasteiger partial charge on any atom is -0.330 e. The molecule has 2 fully saturated rings. The summed E-state index contributed by atoms with van der Waals surface area (Å²) in [4.78, 5) is 27.9. The summed E-state index contributed by atoms with van der Waals surface area (Å²) in [5.41, 5.74) is 0.831. The zero-order chi connectivity index (χ0) is 15.5. The third-order valence-electron chi connectivity index (χ3n) is 4.38. The molecule has 2 amide bonds. The predicted molar refractivity (Wildman–Crippen MR) is 79.4 cm³/mol. The lowest BCUT2D eigenvalue weighted by Gasteiger charge is -2.40. The molecule has 6 heteroatoms. The number of rotatable bonds is 3. The second-order valence-electron chi connectivity index (χ2n) is 5.83. The summed E-state index contributed by atoms with van der Waals surface area (Å²) in [5.74, 6) is -1.16. The summed E-state index contributed by atoms with van der Waals surface area (Å²) in [7, 11) is 0. The van der Waals surface area contributed by atoms with Crippen molar-refractivity contribution in [3.8, 4) is 0 Å². The van der Waals surface area contributed by atoms with Gasteiger partial charge in [-0.25, -0.2) is 4.39 Å². The summed E-state index contributed by atoms with van der Waals surface area (Å²) >= 11 is 0. The van der Waals surface area contributed by atoms with E-state index in [4.69, 9.17) is 0 Å². The number of amides is 2. The van der Waals surface area contributed by atoms with Gasteiger partial charge in [-0.3, -0.25) is 9.59 Å². The molecule has 22 heavy (non-hydrogen) atoms. The van der Waals surface area contributed by atoms with Crippen molar-refractivity contribution in [2.75, 3.05) is 26.2 Å². The smallest absolute Gasteiger partial charge is 0.312 e.